The van der Waals surface area contributed by atoms with Crippen LogP contribution in [0.3, 0.4) is 0 Å². The van der Waals surface area contributed by atoms with Crippen molar-refractivity contribution < 1.29 is 24.2 Å². The second-order valence-electron chi connectivity index (χ2n) is 7.88. The van der Waals surface area contributed by atoms with Gasteiger partial charge in [0.2, 0.25) is 5.91 Å². The smallest absolute Gasteiger partial charge is 0.326 e. The summed E-state index contributed by atoms with van der Waals surface area (Å²) >= 11 is 6.50. The maximum Gasteiger partial charge on any atom is 0.326 e. The van der Waals surface area contributed by atoms with Gasteiger partial charge in [-0.05, 0) is 35.4 Å². The van der Waals surface area contributed by atoms with Gasteiger partial charge >= 0.3 is 5.97 Å². The fourth-order valence-corrected chi connectivity index (χ4v) is 5.05. The summed E-state index contributed by atoms with van der Waals surface area (Å²) in [5.41, 5.74) is 2.52. The fourth-order valence-electron chi connectivity index (χ4n) is 3.74. The van der Waals surface area contributed by atoms with Gasteiger partial charge in [-0.3, -0.25) is 14.5 Å². The number of carboxylic acids is 1. The van der Waals surface area contributed by atoms with Crippen LogP contribution in [-0.2, 0) is 20.8 Å². The molecule has 180 valence electrons. The number of fused-ring (bicyclic) bond motifs is 1. The second-order valence-corrected chi connectivity index (χ2v) is 9.55. The molecule has 1 fully saturated rings. The normalized spacial score (nSPS) is 15.6. The number of ether oxygens (including phenoxy) is 1. The van der Waals surface area contributed by atoms with Gasteiger partial charge in [0.15, 0.2) is 0 Å². The number of para-hydroxylation sites is 1. The zero-order valence-electron chi connectivity index (χ0n) is 18.8. The molecule has 35 heavy (non-hydrogen) atoms. The van der Waals surface area contributed by atoms with Crippen LogP contribution in [0.2, 0.25) is 0 Å². The Balaban J connectivity index is 1.36. The summed E-state index contributed by atoms with van der Waals surface area (Å²) < 4.78 is 5.50. The topological polar surface area (TPSA) is 112 Å². The van der Waals surface area contributed by atoms with Crippen LogP contribution in [0.5, 0.6) is 5.75 Å². The molecular weight excluding hydrogens is 486 g/mol. The van der Waals surface area contributed by atoms with Gasteiger partial charge in [0.1, 0.15) is 16.1 Å². The number of carbonyl (C=O) groups is 3. The Bertz CT molecular complexity index is 1320. The predicted octanol–water partition coefficient (Wildman–Crippen LogP) is 3.58. The molecule has 1 aliphatic heterocycles. The van der Waals surface area contributed by atoms with Crippen molar-refractivity contribution in [2.75, 3.05) is 13.7 Å². The number of aromatic nitrogens is 1. The molecular formula is C25H23N3O5S2. The number of rotatable bonds is 9. The molecule has 0 spiro atoms. The molecule has 3 N–H and O–H groups in total. The van der Waals surface area contributed by atoms with Crippen LogP contribution in [0.1, 0.15) is 17.5 Å². The van der Waals surface area contributed by atoms with Crippen LogP contribution >= 0.6 is 24.0 Å². The van der Waals surface area contributed by atoms with Crippen molar-refractivity contribution in [2.45, 2.75) is 18.9 Å². The summed E-state index contributed by atoms with van der Waals surface area (Å²) in [6, 6.07) is 13.7. The number of thioether (sulfide) groups is 1. The van der Waals surface area contributed by atoms with Gasteiger partial charge < -0.3 is 20.1 Å². The number of hydrogen-bond acceptors (Lipinski definition) is 6. The van der Waals surface area contributed by atoms with E-state index in [1.807, 2.05) is 36.4 Å². The molecule has 1 atom stereocenters. The zero-order valence-corrected chi connectivity index (χ0v) is 20.4. The molecule has 0 bridgehead atoms. The van der Waals surface area contributed by atoms with E-state index in [1.165, 1.54) is 16.7 Å². The highest BCUT2D eigenvalue weighted by atomic mass is 32.2. The van der Waals surface area contributed by atoms with Crippen molar-refractivity contribution in [1.29, 1.82) is 0 Å². The van der Waals surface area contributed by atoms with Gasteiger partial charge in [-0.25, -0.2) is 4.79 Å². The third kappa shape index (κ3) is 5.72. The van der Waals surface area contributed by atoms with Gasteiger partial charge in [0.05, 0.1) is 12.0 Å². The van der Waals surface area contributed by atoms with Gasteiger partial charge in [0.25, 0.3) is 5.91 Å². The Morgan fingerprint density at radius 1 is 1.23 bits per heavy atom. The van der Waals surface area contributed by atoms with Crippen LogP contribution in [0.4, 0.5) is 0 Å². The maximum absolute atomic E-state index is 12.8. The molecule has 0 unspecified atom stereocenters. The van der Waals surface area contributed by atoms with E-state index in [2.05, 4.69) is 10.3 Å². The van der Waals surface area contributed by atoms with E-state index in [1.54, 1.807) is 31.5 Å². The summed E-state index contributed by atoms with van der Waals surface area (Å²) in [5.74, 6) is -1.16. The zero-order chi connectivity index (χ0) is 24.9. The Kier molecular flexibility index (Phi) is 7.52. The maximum atomic E-state index is 12.8. The minimum atomic E-state index is -1.13. The van der Waals surface area contributed by atoms with Crippen molar-refractivity contribution in [3.63, 3.8) is 0 Å². The second kappa shape index (κ2) is 10.7. The van der Waals surface area contributed by atoms with Gasteiger partial charge in [0, 0.05) is 36.5 Å². The SMILES string of the molecule is COc1ccc(/C=C2/SC(=S)N(CCC(=O)N[C@H](Cc3c[nH]c4ccccc34)C(=O)O)C2=O)cc1. The average Bonchev–Trinajstić information content (AvgIpc) is 3.37. The number of carbonyl (C=O) groups excluding carboxylic acids is 2. The lowest BCUT2D eigenvalue weighted by Crippen LogP contribution is -2.43. The molecule has 1 aromatic heterocycles. The molecule has 0 radical (unpaired) electrons. The summed E-state index contributed by atoms with van der Waals surface area (Å²) in [5, 5.41) is 13.1. The molecule has 10 heteroatoms. The first-order valence-electron chi connectivity index (χ1n) is 10.8. The molecule has 2 amide bonds. The largest absolute Gasteiger partial charge is 0.497 e. The van der Waals surface area contributed by atoms with Crippen LogP contribution < -0.4 is 10.1 Å². The van der Waals surface area contributed by atoms with Gasteiger partial charge in [-0.1, -0.05) is 54.3 Å². The number of aliphatic carboxylic acids is 1. The van der Waals surface area contributed by atoms with E-state index in [0.29, 0.717) is 15.0 Å². The van der Waals surface area contributed by atoms with Crippen molar-refractivity contribution >= 4 is 63.1 Å². The molecule has 4 rings (SSSR count). The summed E-state index contributed by atoms with van der Waals surface area (Å²) in [6.07, 6.45) is 3.55. The van der Waals surface area contributed by atoms with Gasteiger partial charge in [-0.2, -0.15) is 0 Å². The first-order valence-corrected chi connectivity index (χ1v) is 12.0. The Morgan fingerprint density at radius 2 is 1.97 bits per heavy atom. The number of H-pyrrole nitrogens is 1. The standard InChI is InChI=1S/C25H23N3O5S2/c1-33-17-8-6-15(7-9-17)12-21-23(30)28(25(34)35-21)11-10-22(29)27-20(24(31)32)13-16-14-26-19-5-3-2-4-18(16)19/h2-9,12,14,20,26H,10-11,13H2,1H3,(H,27,29)(H,31,32)/b21-12+/t20-/m1/s1. The number of nitrogens with zero attached hydrogens (tertiary/aromatic N) is 1. The van der Waals surface area contributed by atoms with Crippen LogP contribution in [0.15, 0.2) is 59.6 Å². The van der Waals surface area contributed by atoms with E-state index < -0.39 is 17.9 Å². The molecule has 3 aromatic rings. The van der Waals surface area contributed by atoms with Gasteiger partial charge in [-0.15, -0.1) is 0 Å². The number of benzene rings is 2. The molecule has 2 aromatic carbocycles. The van der Waals surface area contributed by atoms with E-state index in [4.69, 9.17) is 17.0 Å². The molecule has 1 saturated heterocycles. The highest BCUT2D eigenvalue weighted by Gasteiger charge is 2.32. The van der Waals surface area contributed by atoms with Crippen LogP contribution in [0, 0.1) is 0 Å². The monoisotopic (exact) mass is 509 g/mol. The Hall–Kier alpha value is -3.63. The quantitative estimate of drug-likeness (QED) is 0.299. The summed E-state index contributed by atoms with van der Waals surface area (Å²) in [4.78, 5) is 42.1. The van der Waals surface area contributed by atoms with Crippen molar-refractivity contribution in [3.05, 3.63) is 70.8 Å². The Morgan fingerprint density at radius 3 is 2.69 bits per heavy atom. The first kappa shape index (κ1) is 24.5. The van der Waals surface area contributed by atoms with Crippen LogP contribution in [-0.4, -0.2) is 56.8 Å². The number of carboxylic acid groups (broad SMARTS) is 1. The molecule has 0 saturated carbocycles. The van der Waals surface area contributed by atoms with Crippen molar-refractivity contribution in [2.24, 2.45) is 0 Å². The number of thiocarbonyl (C=S) groups is 1. The molecule has 2 heterocycles. The number of aromatic amines is 1. The van der Waals surface area contributed by atoms with E-state index in [0.717, 1.165) is 22.0 Å². The lowest BCUT2D eigenvalue weighted by Gasteiger charge is -2.17. The highest BCUT2D eigenvalue weighted by molar-refractivity contribution is 8.26. The van der Waals surface area contributed by atoms with Crippen molar-refractivity contribution in [3.8, 4) is 5.75 Å². The molecule has 1 aliphatic rings. The molecule has 0 aliphatic carbocycles. The lowest BCUT2D eigenvalue weighted by molar-refractivity contribution is -0.141. The molecule has 8 nitrogen and oxygen atoms in total. The lowest BCUT2D eigenvalue weighted by atomic mass is 10.0. The summed E-state index contributed by atoms with van der Waals surface area (Å²) in [6.45, 7) is 0.0654. The minimum Gasteiger partial charge on any atom is -0.497 e. The van der Waals surface area contributed by atoms with E-state index >= 15 is 0 Å². The highest BCUT2D eigenvalue weighted by Crippen LogP contribution is 2.32. The third-order valence-corrected chi connectivity index (χ3v) is 6.96. The number of hydrogen-bond donors (Lipinski definition) is 3. The van der Waals surface area contributed by atoms with Crippen LogP contribution in [0.25, 0.3) is 17.0 Å². The first-order chi connectivity index (χ1) is 16.9. The number of methoxy groups -OCH3 is 1. The predicted molar refractivity (Wildman–Crippen MR) is 139 cm³/mol. The van der Waals surface area contributed by atoms with E-state index in [9.17, 15) is 19.5 Å². The summed E-state index contributed by atoms with van der Waals surface area (Å²) in [7, 11) is 1.58. The van der Waals surface area contributed by atoms with E-state index in [-0.39, 0.29) is 25.3 Å². The average molecular weight is 510 g/mol. The third-order valence-electron chi connectivity index (χ3n) is 5.58. The van der Waals surface area contributed by atoms with Crippen molar-refractivity contribution in [1.82, 2.24) is 15.2 Å². The minimum absolute atomic E-state index is 0.0654. The number of amides is 2. The fraction of sp³-hybridized carbons (Fsp3) is 0.200. The number of nitrogens with one attached hydrogen (secondary N) is 2. The Labute approximate surface area is 211 Å².